The number of carbonyl (C=O) groups excluding carboxylic acids is 1. The molecule has 0 aromatic heterocycles. The summed E-state index contributed by atoms with van der Waals surface area (Å²) >= 11 is 0. The number of aliphatic hydroxyl groups is 1. The van der Waals surface area contributed by atoms with Gasteiger partial charge in [-0.25, -0.2) is 13.2 Å². The molecular weight excluding hydrogens is 783 g/mol. The monoisotopic (exact) mass is 848 g/mol. The third-order valence-electron chi connectivity index (χ3n) is 8.32. The number of nitrogens with zero attached hydrogens (tertiary/aromatic N) is 3. The smallest absolute Gasteiger partial charge is 0.378 e. The number of methoxy groups -OCH3 is 1. The SMILES string of the molecule is CC.CC.CCC(=O)O.CCCN(CC[C@H](CN1CCc2cc(OCP(=O)(O)O)ccc2C1)NC(=O)N=O)S(=O)(=O)c1ccc(OC)cc1.OCC[C@H]1CCOC1. The molecule has 0 unspecified atom stereocenters. The van der Waals surface area contributed by atoms with Crippen LogP contribution in [-0.2, 0) is 37.1 Å². The largest absolute Gasteiger partial charge is 0.497 e. The predicted octanol–water partition coefficient (Wildman–Crippen LogP) is 5.84. The van der Waals surface area contributed by atoms with Gasteiger partial charge in [0.2, 0.25) is 10.0 Å². The highest BCUT2D eigenvalue weighted by atomic mass is 32.2. The van der Waals surface area contributed by atoms with Crippen LogP contribution in [0.2, 0.25) is 0 Å². The third-order valence-corrected chi connectivity index (χ3v) is 10.7. The Kier molecular flexibility index (Phi) is 27.9. The van der Waals surface area contributed by atoms with E-state index in [2.05, 4.69) is 15.4 Å². The van der Waals surface area contributed by atoms with Crippen LogP contribution in [0.1, 0.15) is 84.8 Å². The lowest BCUT2D eigenvalue weighted by Crippen LogP contribution is -2.46. The normalized spacial score (nSPS) is 15.3. The van der Waals surface area contributed by atoms with Crippen molar-refractivity contribution in [1.29, 1.82) is 0 Å². The first kappa shape index (κ1) is 53.5. The Morgan fingerprint density at radius 1 is 1.05 bits per heavy atom. The number of carboxylic acids is 1. The highest BCUT2D eigenvalue weighted by molar-refractivity contribution is 7.89. The summed E-state index contributed by atoms with van der Waals surface area (Å²) in [6, 6.07) is 9.79. The fourth-order valence-corrected chi connectivity index (χ4v) is 7.37. The van der Waals surface area contributed by atoms with Gasteiger partial charge in [-0.2, -0.15) is 4.31 Å². The molecule has 57 heavy (non-hydrogen) atoms. The number of benzene rings is 2. The highest BCUT2D eigenvalue weighted by Gasteiger charge is 2.27. The van der Waals surface area contributed by atoms with Crippen LogP contribution < -0.4 is 14.8 Å². The summed E-state index contributed by atoms with van der Waals surface area (Å²) in [4.78, 5) is 52.3. The van der Waals surface area contributed by atoms with Gasteiger partial charge in [0.25, 0.3) is 0 Å². The van der Waals surface area contributed by atoms with E-state index < -0.39 is 42.0 Å². The maximum Gasteiger partial charge on any atom is 0.378 e. The van der Waals surface area contributed by atoms with E-state index in [1.165, 1.54) is 23.5 Å². The fourth-order valence-electron chi connectivity index (χ4n) is 5.51. The van der Waals surface area contributed by atoms with E-state index in [4.69, 9.17) is 34.2 Å². The van der Waals surface area contributed by atoms with Crippen LogP contribution in [0.5, 0.6) is 11.5 Å². The molecule has 2 aromatic carbocycles. The molecule has 2 amide bonds. The molecular formula is C38H65N4O13PS. The first-order valence-electron chi connectivity index (χ1n) is 19.4. The Labute approximate surface area is 338 Å². The minimum absolute atomic E-state index is 0.122. The molecule has 17 nitrogen and oxygen atoms in total. The fraction of sp³-hybridized carbons (Fsp3) is 0.632. The summed E-state index contributed by atoms with van der Waals surface area (Å²) in [5, 5.41) is 21.2. The molecule has 5 N–H and O–H groups in total. The number of aliphatic hydroxyl groups excluding tert-OH is 1. The summed E-state index contributed by atoms with van der Waals surface area (Å²) < 4.78 is 54.5. The zero-order valence-corrected chi connectivity index (χ0v) is 36.2. The Morgan fingerprint density at radius 3 is 2.19 bits per heavy atom. The van der Waals surface area contributed by atoms with Gasteiger partial charge in [-0.3, -0.25) is 14.3 Å². The zero-order valence-electron chi connectivity index (χ0n) is 34.5. The van der Waals surface area contributed by atoms with Gasteiger partial charge >= 0.3 is 19.6 Å². The summed E-state index contributed by atoms with van der Waals surface area (Å²) in [5.41, 5.74) is 1.97. The lowest BCUT2D eigenvalue weighted by Gasteiger charge is -2.33. The van der Waals surface area contributed by atoms with E-state index in [9.17, 15) is 27.5 Å². The molecule has 2 aliphatic heterocycles. The lowest BCUT2D eigenvalue weighted by atomic mass is 9.99. The van der Waals surface area contributed by atoms with Crippen molar-refractivity contribution in [3.05, 3.63) is 58.5 Å². The van der Waals surface area contributed by atoms with E-state index in [-0.39, 0.29) is 30.8 Å². The van der Waals surface area contributed by atoms with Crippen LogP contribution in [0.4, 0.5) is 4.79 Å². The van der Waals surface area contributed by atoms with Crippen molar-refractivity contribution in [2.45, 2.75) is 97.5 Å². The number of nitrogens with one attached hydrogen (secondary N) is 1. The maximum absolute atomic E-state index is 13.3. The molecule has 326 valence electrons. The number of amides is 2. The molecule has 0 saturated carbocycles. The van der Waals surface area contributed by atoms with E-state index >= 15 is 0 Å². The van der Waals surface area contributed by atoms with Gasteiger partial charge in [-0.05, 0) is 85.5 Å². The Bertz CT molecular complexity index is 1590. The summed E-state index contributed by atoms with van der Waals surface area (Å²) in [5.74, 6) is 0.801. The van der Waals surface area contributed by atoms with Gasteiger partial charge in [-0.1, -0.05) is 47.6 Å². The van der Waals surface area contributed by atoms with Crippen LogP contribution in [0.15, 0.2) is 52.5 Å². The molecule has 19 heteroatoms. The van der Waals surface area contributed by atoms with Gasteiger partial charge in [0.05, 0.1) is 12.0 Å². The third kappa shape index (κ3) is 21.7. The van der Waals surface area contributed by atoms with Gasteiger partial charge in [-0.15, -0.1) is 4.91 Å². The molecule has 2 atom stereocenters. The van der Waals surface area contributed by atoms with Crippen LogP contribution in [-0.4, -0.2) is 115 Å². The maximum atomic E-state index is 13.3. The second-order valence-corrected chi connectivity index (χ2v) is 16.0. The van der Waals surface area contributed by atoms with Gasteiger partial charge in [0, 0.05) is 70.2 Å². The van der Waals surface area contributed by atoms with E-state index in [1.807, 2.05) is 40.7 Å². The van der Waals surface area contributed by atoms with E-state index in [1.54, 1.807) is 31.2 Å². The number of sulfonamides is 1. The quantitative estimate of drug-likeness (QED) is 0.0928. The van der Waals surface area contributed by atoms with Crippen molar-refractivity contribution in [2.24, 2.45) is 11.1 Å². The number of aliphatic carboxylic acids is 1. The Balaban J connectivity index is 0.00000154. The van der Waals surface area contributed by atoms with Crippen LogP contribution >= 0.6 is 7.60 Å². The van der Waals surface area contributed by atoms with Crippen LogP contribution in [0, 0.1) is 10.8 Å². The van der Waals surface area contributed by atoms with Crippen molar-refractivity contribution < 1.29 is 56.8 Å². The Hall–Kier alpha value is -3.48. The van der Waals surface area contributed by atoms with Crippen LogP contribution in [0.3, 0.4) is 0 Å². The molecule has 2 aliphatic rings. The number of carbonyl (C=O) groups is 2. The van der Waals surface area contributed by atoms with Gasteiger partial charge in [0.15, 0.2) is 6.35 Å². The molecule has 1 saturated heterocycles. The minimum Gasteiger partial charge on any atom is -0.497 e. The van der Waals surface area contributed by atoms with Crippen molar-refractivity contribution in [1.82, 2.24) is 14.5 Å². The molecule has 1 fully saturated rings. The average molecular weight is 849 g/mol. The average Bonchev–Trinajstić information content (AvgIpc) is 3.73. The number of ether oxygens (including phenoxy) is 3. The van der Waals surface area contributed by atoms with Crippen molar-refractivity contribution in [3.8, 4) is 11.5 Å². The molecule has 0 bridgehead atoms. The number of rotatable bonds is 17. The first-order chi connectivity index (χ1) is 27.1. The standard InChI is InChI=1S/C25H35N4O9PS.C6H12O2.C3H6O2.2C2H6/c1-3-12-29(40(35,36)24-8-6-22(37-2)7-9-24)14-11-21(26-25(30)27-31)17-28-13-10-19-15-23(5-4-20(19)16-28)38-18-39(32,33)34;7-3-1-6-2-4-8-5-6;1-2-3(4)5;2*1-2/h4-9,15,21H,3,10-14,16-18H2,1-2H3,(H,26,30)(H2,32,33,34);6-7H,1-5H2;2H2,1H3,(H,4,5);2*1-2H3/t21-;6-;;;/m10.../s1. The van der Waals surface area contributed by atoms with Crippen molar-refractivity contribution in [2.75, 3.05) is 59.5 Å². The summed E-state index contributed by atoms with van der Waals surface area (Å²) in [6.45, 7) is 15.4. The predicted molar refractivity (Wildman–Crippen MR) is 219 cm³/mol. The van der Waals surface area contributed by atoms with Crippen molar-refractivity contribution in [3.63, 3.8) is 0 Å². The Morgan fingerprint density at radius 2 is 1.68 bits per heavy atom. The lowest BCUT2D eigenvalue weighted by molar-refractivity contribution is -0.136. The highest BCUT2D eigenvalue weighted by Crippen LogP contribution is 2.35. The molecule has 0 aliphatic carbocycles. The summed E-state index contributed by atoms with van der Waals surface area (Å²) in [7, 11) is -6.60. The molecule has 2 heterocycles. The molecule has 0 spiro atoms. The number of nitroso groups, excluding NO2 is 1. The zero-order chi connectivity index (χ0) is 43.4. The first-order valence-corrected chi connectivity index (χ1v) is 22.6. The van der Waals surface area contributed by atoms with Crippen molar-refractivity contribution >= 4 is 29.6 Å². The topological polar surface area (TPSA) is 242 Å². The number of hydrogen-bond acceptors (Lipinski definition) is 11. The van der Waals surface area contributed by atoms with E-state index in [0.29, 0.717) is 56.5 Å². The summed E-state index contributed by atoms with van der Waals surface area (Å²) in [6.07, 6.45) is 3.05. The number of hydrogen-bond donors (Lipinski definition) is 5. The second kappa shape index (κ2) is 29.7. The number of fused-ring (bicyclic) bond motifs is 1. The van der Waals surface area contributed by atoms with Crippen LogP contribution in [0.25, 0.3) is 0 Å². The molecule has 4 rings (SSSR count). The number of carboxylic acid groups (broad SMARTS) is 1. The molecule has 2 aromatic rings. The molecule has 0 radical (unpaired) electrons. The van der Waals surface area contributed by atoms with Gasteiger partial charge < -0.3 is 39.5 Å². The minimum atomic E-state index is -4.29. The second-order valence-electron chi connectivity index (χ2n) is 12.4. The van der Waals surface area contributed by atoms with Gasteiger partial charge in [0.1, 0.15) is 11.5 Å². The van der Waals surface area contributed by atoms with E-state index in [0.717, 1.165) is 37.2 Å². The number of urea groups is 1.